The topological polar surface area (TPSA) is 61.3 Å². The first-order chi connectivity index (χ1) is 17.2. The molecule has 0 radical (unpaired) electrons. The fraction of sp³-hybridized carbons (Fsp3) is 0. The van der Waals surface area contributed by atoms with Crippen LogP contribution in [0.5, 0.6) is 11.5 Å². The van der Waals surface area contributed by atoms with E-state index in [1.165, 1.54) is 0 Å². The molecule has 0 saturated carbocycles. The van der Waals surface area contributed by atoms with Crippen molar-refractivity contribution in [2.45, 2.75) is 0 Å². The normalized spacial score (nSPS) is 11.1. The summed E-state index contributed by atoms with van der Waals surface area (Å²) in [7, 11) is 0. The molecule has 0 fully saturated rings. The average molecular weight is 453 g/mol. The molecule has 0 aliphatic carbocycles. The lowest BCUT2D eigenvalue weighted by Gasteiger charge is -2.19. The monoisotopic (exact) mass is 452 g/mol. The SMILES string of the molecule is Nc1ccc(-c2ccc3ccccc3c2Oc2c(-c3ccc(N)cc3)ccc3ccccc23)cc1. The first-order valence-corrected chi connectivity index (χ1v) is 11.6. The maximum atomic E-state index is 6.97. The molecule has 6 rings (SSSR count). The number of hydrogen-bond acceptors (Lipinski definition) is 3. The molecule has 0 spiro atoms. The van der Waals surface area contributed by atoms with Crippen molar-refractivity contribution < 1.29 is 4.74 Å². The smallest absolute Gasteiger partial charge is 0.143 e. The van der Waals surface area contributed by atoms with E-state index in [1.807, 2.05) is 72.8 Å². The van der Waals surface area contributed by atoms with E-state index < -0.39 is 0 Å². The molecule has 0 unspecified atom stereocenters. The van der Waals surface area contributed by atoms with Gasteiger partial charge in [0.2, 0.25) is 0 Å². The number of rotatable bonds is 4. The van der Waals surface area contributed by atoms with Crippen LogP contribution in [-0.2, 0) is 0 Å². The van der Waals surface area contributed by atoms with E-state index in [-0.39, 0.29) is 0 Å². The zero-order valence-corrected chi connectivity index (χ0v) is 19.1. The Morgan fingerprint density at radius 2 is 0.800 bits per heavy atom. The average Bonchev–Trinajstić information content (AvgIpc) is 2.90. The maximum absolute atomic E-state index is 6.97. The predicted octanol–water partition coefficient (Wildman–Crippen LogP) is 8.28. The molecule has 4 N–H and O–H groups in total. The van der Waals surface area contributed by atoms with E-state index in [4.69, 9.17) is 16.2 Å². The van der Waals surface area contributed by atoms with Gasteiger partial charge >= 0.3 is 0 Å². The van der Waals surface area contributed by atoms with Gasteiger partial charge in [0, 0.05) is 33.3 Å². The van der Waals surface area contributed by atoms with Crippen molar-refractivity contribution in [2.75, 3.05) is 11.5 Å². The van der Waals surface area contributed by atoms with Crippen molar-refractivity contribution >= 4 is 32.9 Å². The molecular weight excluding hydrogens is 428 g/mol. The quantitative estimate of drug-likeness (QED) is 0.265. The van der Waals surface area contributed by atoms with Gasteiger partial charge in [-0.15, -0.1) is 0 Å². The van der Waals surface area contributed by atoms with Crippen molar-refractivity contribution in [3.05, 3.63) is 121 Å². The second-order valence-corrected chi connectivity index (χ2v) is 8.67. The summed E-state index contributed by atoms with van der Waals surface area (Å²) >= 11 is 0. The lowest BCUT2D eigenvalue weighted by Crippen LogP contribution is -1.95. The standard InChI is InChI=1S/C32H24N2O/c33-25-15-9-23(10-16-25)29-19-13-21-5-1-3-7-27(21)31(29)35-32-28-8-4-2-6-22(28)14-20-30(32)24-11-17-26(34)18-12-24/h1-20H,33-34H2. The van der Waals surface area contributed by atoms with Crippen LogP contribution in [0.15, 0.2) is 121 Å². The minimum atomic E-state index is 0.733. The van der Waals surface area contributed by atoms with Crippen molar-refractivity contribution in [3.8, 4) is 33.8 Å². The summed E-state index contributed by atoms with van der Waals surface area (Å²) in [5.41, 5.74) is 17.5. The van der Waals surface area contributed by atoms with Gasteiger partial charge < -0.3 is 16.2 Å². The van der Waals surface area contributed by atoms with Gasteiger partial charge in [-0.25, -0.2) is 0 Å². The summed E-state index contributed by atoms with van der Waals surface area (Å²) in [5.74, 6) is 1.64. The first-order valence-electron chi connectivity index (χ1n) is 11.6. The largest absolute Gasteiger partial charge is 0.455 e. The summed E-state index contributed by atoms with van der Waals surface area (Å²) < 4.78 is 6.97. The van der Waals surface area contributed by atoms with Crippen LogP contribution in [0.25, 0.3) is 43.8 Å². The third-order valence-corrected chi connectivity index (χ3v) is 6.41. The summed E-state index contributed by atoms with van der Waals surface area (Å²) in [6.45, 7) is 0. The van der Waals surface area contributed by atoms with Crippen molar-refractivity contribution in [1.29, 1.82) is 0 Å². The molecule has 0 amide bonds. The Bertz CT molecular complexity index is 1540. The Kier molecular flexibility index (Phi) is 5.08. The Morgan fingerprint density at radius 3 is 1.23 bits per heavy atom. The van der Waals surface area contributed by atoms with Gasteiger partial charge in [-0.1, -0.05) is 84.9 Å². The number of nitrogens with two attached hydrogens (primary N) is 2. The summed E-state index contributed by atoms with van der Waals surface area (Å²) in [6, 6.07) is 41.0. The van der Waals surface area contributed by atoms with Gasteiger partial charge in [0.25, 0.3) is 0 Å². The van der Waals surface area contributed by atoms with E-state index in [2.05, 4.69) is 48.5 Å². The van der Waals surface area contributed by atoms with E-state index in [0.717, 1.165) is 66.7 Å². The molecule has 6 aromatic carbocycles. The van der Waals surface area contributed by atoms with E-state index in [9.17, 15) is 0 Å². The molecule has 0 aromatic heterocycles. The number of anilines is 2. The molecular formula is C32H24N2O. The summed E-state index contributed by atoms with van der Waals surface area (Å²) in [6.07, 6.45) is 0. The lowest BCUT2D eigenvalue weighted by atomic mass is 9.97. The van der Waals surface area contributed by atoms with Crippen LogP contribution in [0, 0.1) is 0 Å². The van der Waals surface area contributed by atoms with Crippen LogP contribution in [0.1, 0.15) is 0 Å². The van der Waals surface area contributed by atoms with Crippen LogP contribution in [0.3, 0.4) is 0 Å². The highest BCUT2D eigenvalue weighted by Gasteiger charge is 2.17. The molecule has 0 heterocycles. The second kappa shape index (κ2) is 8.54. The molecule has 0 bridgehead atoms. The fourth-order valence-electron chi connectivity index (χ4n) is 4.59. The number of hydrogen-bond donors (Lipinski definition) is 2. The second-order valence-electron chi connectivity index (χ2n) is 8.67. The Balaban J connectivity index is 1.63. The van der Waals surface area contributed by atoms with E-state index in [0.29, 0.717) is 0 Å². The molecule has 168 valence electrons. The maximum Gasteiger partial charge on any atom is 0.143 e. The van der Waals surface area contributed by atoms with Gasteiger partial charge in [-0.05, 0) is 58.3 Å². The van der Waals surface area contributed by atoms with Crippen LogP contribution in [0.2, 0.25) is 0 Å². The molecule has 6 aromatic rings. The first kappa shape index (κ1) is 20.8. The highest BCUT2D eigenvalue weighted by Crippen LogP contribution is 2.45. The minimum Gasteiger partial charge on any atom is -0.455 e. The van der Waals surface area contributed by atoms with Gasteiger partial charge in [-0.2, -0.15) is 0 Å². The van der Waals surface area contributed by atoms with Crippen LogP contribution < -0.4 is 16.2 Å². The molecule has 0 aliphatic rings. The number of nitrogen functional groups attached to an aromatic ring is 2. The molecule has 3 heteroatoms. The molecule has 0 atom stereocenters. The van der Waals surface area contributed by atoms with Crippen LogP contribution >= 0.6 is 0 Å². The number of fused-ring (bicyclic) bond motifs is 2. The number of benzene rings is 6. The van der Waals surface area contributed by atoms with Crippen molar-refractivity contribution in [2.24, 2.45) is 0 Å². The third kappa shape index (κ3) is 3.83. The highest BCUT2D eigenvalue weighted by molar-refractivity contribution is 5.99. The van der Waals surface area contributed by atoms with Gasteiger partial charge in [0.05, 0.1) is 0 Å². The van der Waals surface area contributed by atoms with Crippen LogP contribution in [-0.4, -0.2) is 0 Å². The Hall–Kier alpha value is -4.76. The Morgan fingerprint density at radius 1 is 0.400 bits per heavy atom. The predicted molar refractivity (Wildman–Crippen MR) is 148 cm³/mol. The Labute approximate surface area is 204 Å². The zero-order chi connectivity index (χ0) is 23.8. The van der Waals surface area contributed by atoms with Gasteiger partial charge in [0.15, 0.2) is 0 Å². The van der Waals surface area contributed by atoms with Crippen molar-refractivity contribution in [3.63, 3.8) is 0 Å². The highest BCUT2D eigenvalue weighted by atomic mass is 16.5. The third-order valence-electron chi connectivity index (χ3n) is 6.41. The van der Waals surface area contributed by atoms with Crippen LogP contribution in [0.4, 0.5) is 11.4 Å². The zero-order valence-electron chi connectivity index (χ0n) is 19.1. The van der Waals surface area contributed by atoms with Gasteiger partial charge in [-0.3, -0.25) is 0 Å². The lowest BCUT2D eigenvalue weighted by molar-refractivity contribution is 0.497. The summed E-state index contributed by atoms with van der Waals surface area (Å²) in [4.78, 5) is 0. The van der Waals surface area contributed by atoms with Gasteiger partial charge in [0.1, 0.15) is 11.5 Å². The molecule has 0 saturated heterocycles. The summed E-state index contributed by atoms with van der Waals surface area (Å²) in [5, 5.41) is 4.35. The number of ether oxygens (including phenoxy) is 1. The minimum absolute atomic E-state index is 0.733. The van der Waals surface area contributed by atoms with Crippen molar-refractivity contribution in [1.82, 2.24) is 0 Å². The fourth-order valence-corrected chi connectivity index (χ4v) is 4.59. The molecule has 0 aliphatic heterocycles. The van der Waals surface area contributed by atoms with E-state index >= 15 is 0 Å². The van der Waals surface area contributed by atoms with E-state index in [1.54, 1.807) is 0 Å². The molecule has 35 heavy (non-hydrogen) atoms. The molecule has 3 nitrogen and oxygen atoms in total.